The Labute approximate surface area is 121 Å². The normalized spacial score (nSPS) is 16.2. The summed E-state index contributed by atoms with van der Waals surface area (Å²) >= 11 is 0. The summed E-state index contributed by atoms with van der Waals surface area (Å²) in [5.74, 6) is -2.49. The number of carboxylic acids is 1. The Morgan fingerprint density at radius 1 is 1.43 bits per heavy atom. The van der Waals surface area contributed by atoms with Gasteiger partial charge >= 0.3 is 5.97 Å². The maximum atomic E-state index is 13.6. The molecule has 1 fully saturated rings. The standard InChI is InChI=1S/C14H14FNO4S/c15-12-2-1-10(7-16)5-11(12)8-21(19,20)9-14(3-4-14)6-13(17)18/h1-2,5H,3-4,6,8-9H2,(H,17,18). The first-order valence-corrected chi connectivity index (χ1v) is 8.18. The lowest BCUT2D eigenvalue weighted by Gasteiger charge is -2.13. The minimum absolute atomic E-state index is 0.0554. The summed E-state index contributed by atoms with van der Waals surface area (Å²) in [6.07, 6.45) is 0.922. The molecule has 21 heavy (non-hydrogen) atoms. The molecule has 0 spiro atoms. The Morgan fingerprint density at radius 3 is 2.62 bits per heavy atom. The van der Waals surface area contributed by atoms with Crippen LogP contribution in [0.3, 0.4) is 0 Å². The van der Waals surface area contributed by atoms with Gasteiger partial charge in [0.2, 0.25) is 0 Å². The Morgan fingerprint density at radius 2 is 2.10 bits per heavy atom. The van der Waals surface area contributed by atoms with E-state index in [1.807, 2.05) is 6.07 Å². The number of rotatable bonds is 6. The van der Waals surface area contributed by atoms with E-state index in [4.69, 9.17) is 10.4 Å². The summed E-state index contributed by atoms with van der Waals surface area (Å²) < 4.78 is 37.9. The first kappa shape index (κ1) is 15.4. The number of hydrogen-bond donors (Lipinski definition) is 1. The zero-order valence-electron chi connectivity index (χ0n) is 11.2. The third-order valence-electron chi connectivity index (χ3n) is 3.56. The summed E-state index contributed by atoms with van der Waals surface area (Å²) in [5.41, 5.74) is -0.568. The number of hydrogen-bond acceptors (Lipinski definition) is 4. The quantitative estimate of drug-likeness (QED) is 0.865. The summed E-state index contributed by atoms with van der Waals surface area (Å²) in [5, 5.41) is 17.6. The van der Waals surface area contributed by atoms with Gasteiger partial charge in [-0.25, -0.2) is 12.8 Å². The van der Waals surface area contributed by atoms with Gasteiger partial charge in [0, 0.05) is 5.56 Å². The zero-order chi connectivity index (χ0) is 15.7. The number of benzene rings is 1. The van der Waals surface area contributed by atoms with E-state index in [1.54, 1.807) is 0 Å². The molecule has 0 heterocycles. The van der Waals surface area contributed by atoms with E-state index < -0.39 is 32.8 Å². The number of nitrogens with zero attached hydrogens (tertiary/aromatic N) is 1. The molecule has 0 aliphatic heterocycles. The molecular formula is C14H14FNO4S. The molecule has 1 aliphatic carbocycles. The summed E-state index contributed by atoms with van der Waals surface area (Å²) in [7, 11) is -3.64. The fourth-order valence-electron chi connectivity index (χ4n) is 2.38. The van der Waals surface area contributed by atoms with Crippen LogP contribution in [-0.4, -0.2) is 25.2 Å². The van der Waals surface area contributed by atoms with Crippen molar-refractivity contribution in [3.05, 3.63) is 35.1 Å². The molecule has 2 rings (SSSR count). The Kier molecular flexibility index (Phi) is 4.01. The lowest BCUT2D eigenvalue weighted by atomic mass is 10.1. The molecule has 1 aliphatic rings. The highest BCUT2D eigenvalue weighted by molar-refractivity contribution is 7.90. The largest absolute Gasteiger partial charge is 0.481 e. The van der Waals surface area contributed by atoms with Crippen LogP contribution < -0.4 is 0 Å². The van der Waals surface area contributed by atoms with Crippen molar-refractivity contribution in [2.24, 2.45) is 5.41 Å². The van der Waals surface area contributed by atoms with Crippen molar-refractivity contribution < 1.29 is 22.7 Å². The van der Waals surface area contributed by atoms with Crippen LogP contribution in [0.1, 0.15) is 30.4 Å². The number of carbonyl (C=O) groups is 1. The molecule has 0 bridgehead atoms. The van der Waals surface area contributed by atoms with Crippen LogP contribution >= 0.6 is 0 Å². The average molecular weight is 311 g/mol. The van der Waals surface area contributed by atoms with E-state index in [1.165, 1.54) is 12.1 Å². The second-order valence-electron chi connectivity index (χ2n) is 5.52. The maximum Gasteiger partial charge on any atom is 0.303 e. The van der Waals surface area contributed by atoms with E-state index in [-0.39, 0.29) is 23.3 Å². The minimum atomic E-state index is -3.64. The molecule has 0 amide bonds. The molecule has 7 heteroatoms. The molecular weight excluding hydrogens is 297 g/mol. The molecule has 1 aromatic carbocycles. The summed E-state index contributed by atoms with van der Waals surface area (Å²) in [6.45, 7) is 0. The van der Waals surface area contributed by atoms with E-state index >= 15 is 0 Å². The highest BCUT2D eigenvalue weighted by Crippen LogP contribution is 2.50. The van der Waals surface area contributed by atoms with Crippen molar-refractivity contribution >= 4 is 15.8 Å². The van der Waals surface area contributed by atoms with E-state index in [0.29, 0.717) is 12.8 Å². The second kappa shape index (κ2) is 5.45. The van der Waals surface area contributed by atoms with Crippen molar-refractivity contribution in [1.82, 2.24) is 0 Å². The van der Waals surface area contributed by atoms with Crippen LogP contribution in [0.4, 0.5) is 4.39 Å². The molecule has 0 saturated heterocycles. The van der Waals surface area contributed by atoms with Crippen molar-refractivity contribution in [2.45, 2.75) is 25.0 Å². The summed E-state index contributed by atoms with van der Waals surface area (Å²) in [6, 6.07) is 5.38. The Bertz CT molecular complexity index is 717. The number of nitriles is 1. The molecule has 1 saturated carbocycles. The monoisotopic (exact) mass is 311 g/mol. The van der Waals surface area contributed by atoms with Gasteiger partial charge in [-0.2, -0.15) is 5.26 Å². The Hall–Kier alpha value is -1.94. The lowest BCUT2D eigenvalue weighted by Crippen LogP contribution is -2.22. The molecule has 0 unspecified atom stereocenters. The number of carboxylic acid groups (broad SMARTS) is 1. The molecule has 1 N–H and O–H groups in total. The highest BCUT2D eigenvalue weighted by Gasteiger charge is 2.47. The van der Waals surface area contributed by atoms with Gasteiger partial charge < -0.3 is 5.11 Å². The van der Waals surface area contributed by atoms with Crippen LogP contribution in [0.5, 0.6) is 0 Å². The molecule has 0 aromatic heterocycles. The van der Waals surface area contributed by atoms with E-state index in [2.05, 4.69) is 0 Å². The third-order valence-corrected chi connectivity index (χ3v) is 5.36. The van der Waals surface area contributed by atoms with Crippen LogP contribution in [-0.2, 0) is 20.4 Å². The van der Waals surface area contributed by atoms with Gasteiger partial charge in [-0.15, -0.1) is 0 Å². The number of sulfone groups is 1. The maximum absolute atomic E-state index is 13.6. The van der Waals surface area contributed by atoms with Crippen LogP contribution in [0.15, 0.2) is 18.2 Å². The van der Waals surface area contributed by atoms with Crippen LogP contribution in [0, 0.1) is 22.6 Å². The van der Waals surface area contributed by atoms with Gasteiger partial charge in [-0.1, -0.05) is 0 Å². The predicted octanol–water partition coefficient (Wildman–Crippen LogP) is 1.87. The topological polar surface area (TPSA) is 95.2 Å². The molecule has 0 radical (unpaired) electrons. The van der Waals surface area contributed by atoms with Crippen LogP contribution in [0.25, 0.3) is 0 Å². The fraction of sp³-hybridized carbons (Fsp3) is 0.429. The lowest BCUT2D eigenvalue weighted by molar-refractivity contribution is -0.138. The van der Waals surface area contributed by atoms with Gasteiger partial charge in [0.05, 0.1) is 29.6 Å². The highest BCUT2D eigenvalue weighted by atomic mass is 32.2. The summed E-state index contributed by atoms with van der Waals surface area (Å²) in [4.78, 5) is 10.7. The van der Waals surface area contributed by atoms with Crippen molar-refractivity contribution in [2.75, 3.05) is 5.75 Å². The van der Waals surface area contributed by atoms with Gasteiger partial charge in [-0.3, -0.25) is 4.79 Å². The Balaban J connectivity index is 2.15. The third kappa shape index (κ3) is 4.02. The van der Waals surface area contributed by atoms with Crippen molar-refractivity contribution in [3.63, 3.8) is 0 Å². The second-order valence-corrected chi connectivity index (χ2v) is 7.59. The molecule has 112 valence electrons. The first-order valence-electron chi connectivity index (χ1n) is 6.36. The van der Waals surface area contributed by atoms with E-state index in [9.17, 15) is 17.6 Å². The fourth-order valence-corrected chi connectivity index (χ4v) is 4.50. The molecule has 1 aromatic rings. The minimum Gasteiger partial charge on any atom is -0.481 e. The van der Waals surface area contributed by atoms with Crippen molar-refractivity contribution in [1.29, 1.82) is 5.26 Å². The number of halogens is 1. The molecule has 0 atom stereocenters. The predicted molar refractivity (Wildman–Crippen MR) is 72.5 cm³/mol. The van der Waals surface area contributed by atoms with Gasteiger partial charge in [0.15, 0.2) is 9.84 Å². The first-order chi connectivity index (χ1) is 9.75. The van der Waals surface area contributed by atoms with Crippen molar-refractivity contribution in [3.8, 4) is 6.07 Å². The smallest absolute Gasteiger partial charge is 0.303 e. The van der Waals surface area contributed by atoms with E-state index in [0.717, 1.165) is 6.07 Å². The van der Waals surface area contributed by atoms with Crippen LogP contribution in [0.2, 0.25) is 0 Å². The average Bonchev–Trinajstić information content (AvgIpc) is 3.09. The van der Waals surface area contributed by atoms with Gasteiger partial charge in [-0.05, 0) is 36.5 Å². The zero-order valence-corrected chi connectivity index (χ0v) is 12.0. The molecule has 5 nitrogen and oxygen atoms in total. The van der Waals surface area contributed by atoms with Gasteiger partial charge in [0.25, 0.3) is 0 Å². The number of aliphatic carboxylic acids is 1. The van der Waals surface area contributed by atoms with Gasteiger partial charge in [0.1, 0.15) is 5.82 Å². The SMILES string of the molecule is N#Cc1ccc(F)c(CS(=O)(=O)CC2(CC(=O)O)CC2)c1.